The highest BCUT2D eigenvalue weighted by Gasteiger charge is 2.25. The molecular formula is C7H13N3O2S. The Morgan fingerprint density at radius 3 is 2.31 bits per heavy atom. The van der Waals surface area contributed by atoms with Gasteiger partial charge in [-0.2, -0.15) is 5.10 Å². The van der Waals surface area contributed by atoms with Crippen molar-refractivity contribution in [3.05, 3.63) is 11.9 Å². The minimum Gasteiger partial charge on any atom is -0.281 e. The molecule has 0 aromatic carbocycles. The molecule has 0 atom stereocenters. The average Bonchev–Trinajstić information content (AvgIpc) is 2.27. The van der Waals surface area contributed by atoms with Crippen LogP contribution in [0.1, 0.15) is 26.5 Å². The van der Waals surface area contributed by atoms with Crippen molar-refractivity contribution in [1.82, 2.24) is 10.2 Å². The number of H-pyrrole nitrogens is 1. The number of aromatic amines is 1. The highest BCUT2D eigenvalue weighted by molar-refractivity contribution is 7.89. The van der Waals surface area contributed by atoms with Gasteiger partial charge in [-0.05, 0) is 0 Å². The molecule has 13 heavy (non-hydrogen) atoms. The van der Waals surface area contributed by atoms with Crippen LogP contribution < -0.4 is 5.14 Å². The van der Waals surface area contributed by atoms with Gasteiger partial charge in [-0.15, -0.1) is 0 Å². The molecule has 1 aromatic rings. The van der Waals surface area contributed by atoms with E-state index in [0.29, 0.717) is 5.69 Å². The fourth-order valence-electron chi connectivity index (χ4n) is 1.03. The van der Waals surface area contributed by atoms with E-state index in [-0.39, 0.29) is 10.3 Å². The lowest BCUT2D eigenvalue weighted by Crippen LogP contribution is -2.20. The SMILES string of the molecule is CC(C)(C)c1[nH]ncc1S(N)(=O)=O. The van der Waals surface area contributed by atoms with E-state index < -0.39 is 10.0 Å². The third-order valence-electron chi connectivity index (χ3n) is 1.66. The fraction of sp³-hybridized carbons (Fsp3) is 0.571. The Labute approximate surface area is 77.4 Å². The van der Waals surface area contributed by atoms with Crippen molar-refractivity contribution in [2.45, 2.75) is 31.1 Å². The van der Waals surface area contributed by atoms with Crippen molar-refractivity contribution in [3.8, 4) is 0 Å². The van der Waals surface area contributed by atoms with Crippen LogP contribution in [0.25, 0.3) is 0 Å². The molecule has 3 N–H and O–H groups in total. The second-order valence-corrected chi connectivity index (χ2v) is 5.43. The van der Waals surface area contributed by atoms with Crippen LogP contribution in [-0.4, -0.2) is 18.6 Å². The van der Waals surface area contributed by atoms with E-state index in [1.54, 1.807) is 0 Å². The number of nitrogens with two attached hydrogens (primary N) is 1. The summed E-state index contributed by atoms with van der Waals surface area (Å²) in [5.41, 5.74) is 0.230. The third-order valence-corrected chi connectivity index (χ3v) is 2.58. The molecule has 0 radical (unpaired) electrons. The lowest BCUT2D eigenvalue weighted by molar-refractivity contribution is 0.546. The maximum atomic E-state index is 11.1. The summed E-state index contributed by atoms with van der Waals surface area (Å²) in [6.07, 6.45) is 1.23. The molecule has 74 valence electrons. The van der Waals surface area contributed by atoms with Crippen LogP contribution in [0.3, 0.4) is 0 Å². The second-order valence-electron chi connectivity index (χ2n) is 3.90. The topological polar surface area (TPSA) is 88.8 Å². The predicted octanol–water partition coefficient (Wildman–Crippen LogP) is 0.355. The van der Waals surface area contributed by atoms with E-state index in [0.717, 1.165) is 0 Å². The summed E-state index contributed by atoms with van der Waals surface area (Å²) >= 11 is 0. The van der Waals surface area contributed by atoms with Gasteiger partial charge in [0.1, 0.15) is 4.90 Å². The lowest BCUT2D eigenvalue weighted by atomic mass is 9.92. The number of hydrogen-bond acceptors (Lipinski definition) is 3. The highest BCUT2D eigenvalue weighted by atomic mass is 32.2. The molecular weight excluding hydrogens is 190 g/mol. The van der Waals surface area contributed by atoms with Gasteiger partial charge in [0.25, 0.3) is 0 Å². The van der Waals surface area contributed by atoms with Crippen molar-refractivity contribution in [2.24, 2.45) is 5.14 Å². The molecule has 0 spiro atoms. The number of nitrogens with zero attached hydrogens (tertiary/aromatic N) is 1. The largest absolute Gasteiger partial charge is 0.281 e. The molecule has 1 aromatic heterocycles. The molecule has 0 aliphatic heterocycles. The number of aromatic nitrogens is 2. The molecule has 5 nitrogen and oxygen atoms in total. The molecule has 0 bridgehead atoms. The van der Waals surface area contributed by atoms with Crippen molar-refractivity contribution < 1.29 is 8.42 Å². The van der Waals surface area contributed by atoms with Gasteiger partial charge < -0.3 is 0 Å². The van der Waals surface area contributed by atoms with Gasteiger partial charge in [0, 0.05) is 5.41 Å². The molecule has 0 saturated heterocycles. The molecule has 0 unspecified atom stereocenters. The minimum atomic E-state index is -3.67. The zero-order valence-electron chi connectivity index (χ0n) is 7.83. The van der Waals surface area contributed by atoms with Crippen LogP contribution in [0.15, 0.2) is 11.1 Å². The van der Waals surface area contributed by atoms with E-state index in [9.17, 15) is 8.42 Å². The Kier molecular flexibility index (Phi) is 2.21. The third kappa shape index (κ3) is 2.07. The fourth-order valence-corrected chi connectivity index (χ4v) is 1.86. The van der Waals surface area contributed by atoms with Crippen molar-refractivity contribution in [3.63, 3.8) is 0 Å². The van der Waals surface area contributed by atoms with Crippen LogP contribution in [0.5, 0.6) is 0 Å². The maximum Gasteiger partial charge on any atom is 0.241 e. The quantitative estimate of drug-likeness (QED) is 0.690. The van der Waals surface area contributed by atoms with Crippen LogP contribution in [0, 0.1) is 0 Å². The van der Waals surface area contributed by atoms with E-state index in [1.165, 1.54) is 6.20 Å². The lowest BCUT2D eigenvalue weighted by Gasteiger charge is -2.17. The van der Waals surface area contributed by atoms with Crippen molar-refractivity contribution >= 4 is 10.0 Å². The Morgan fingerprint density at radius 2 is 2.00 bits per heavy atom. The Bertz CT molecular complexity index is 400. The van der Waals surface area contributed by atoms with E-state index in [1.807, 2.05) is 20.8 Å². The van der Waals surface area contributed by atoms with E-state index in [4.69, 9.17) is 5.14 Å². The first-order valence-corrected chi connectivity index (χ1v) is 5.34. The first kappa shape index (κ1) is 10.2. The van der Waals surface area contributed by atoms with Gasteiger partial charge in [-0.25, -0.2) is 13.6 Å². The first-order valence-electron chi connectivity index (χ1n) is 3.79. The van der Waals surface area contributed by atoms with Crippen molar-refractivity contribution in [2.75, 3.05) is 0 Å². The van der Waals surface area contributed by atoms with Gasteiger partial charge in [-0.1, -0.05) is 20.8 Å². The smallest absolute Gasteiger partial charge is 0.241 e. The Hall–Kier alpha value is -0.880. The standard InChI is InChI=1S/C7H13N3O2S/c1-7(2,3)6-5(4-9-10-6)13(8,11)12/h4H,1-3H3,(H,9,10)(H2,8,11,12). The van der Waals surface area contributed by atoms with Gasteiger partial charge in [0.05, 0.1) is 11.9 Å². The van der Waals surface area contributed by atoms with Crippen LogP contribution in [0.4, 0.5) is 0 Å². The van der Waals surface area contributed by atoms with Crippen LogP contribution >= 0.6 is 0 Å². The molecule has 6 heteroatoms. The van der Waals surface area contributed by atoms with Crippen LogP contribution in [-0.2, 0) is 15.4 Å². The van der Waals surface area contributed by atoms with E-state index in [2.05, 4.69) is 10.2 Å². The zero-order valence-corrected chi connectivity index (χ0v) is 8.64. The number of primary sulfonamides is 1. The average molecular weight is 203 g/mol. The highest BCUT2D eigenvalue weighted by Crippen LogP contribution is 2.25. The van der Waals surface area contributed by atoms with E-state index >= 15 is 0 Å². The van der Waals surface area contributed by atoms with Gasteiger partial charge in [-0.3, -0.25) is 5.10 Å². The molecule has 0 aliphatic rings. The summed E-state index contributed by atoms with van der Waals surface area (Å²) in [6, 6.07) is 0. The monoisotopic (exact) mass is 203 g/mol. The summed E-state index contributed by atoms with van der Waals surface area (Å²) in [4.78, 5) is 0.0694. The molecule has 0 saturated carbocycles. The summed E-state index contributed by atoms with van der Waals surface area (Å²) in [5.74, 6) is 0. The minimum absolute atomic E-state index is 0.0694. The Morgan fingerprint density at radius 1 is 1.46 bits per heavy atom. The van der Waals surface area contributed by atoms with Crippen molar-refractivity contribution in [1.29, 1.82) is 0 Å². The number of hydrogen-bond donors (Lipinski definition) is 2. The normalized spacial score (nSPS) is 13.2. The van der Waals surface area contributed by atoms with Crippen LogP contribution in [0.2, 0.25) is 0 Å². The number of rotatable bonds is 1. The summed E-state index contributed by atoms with van der Waals surface area (Å²) in [6.45, 7) is 5.65. The molecule has 0 fully saturated rings. The second kappa shape index (κ2) is 2.81. The molecule has 0 aliphatic carbocycles. The van der Waals surface area contributed by atoms with Gasteiger partial charge in [0.2, 0.25) is 10.0 Å². The molecule has 1 heterocycles. The summed E-state index contributed by atoms with van der Waals surface area (Å²) in [5, 5.41) is 11.3. The van der Waals surface area contributed by atoms with Gasteiger partial charge >= 0.3 is 0 Å². The molecule has 1 rings (SSSR count). The maximum absolute atomic E-state index is 11.1. The number of nitrogens with one attached hydrogen (secondary N) is 1. The number of sulfonamides is 1. The summed E-state index contributed by atoms with van der Waals surface area (Å²) in [7, 11) is -3.67. The summed E-state index contributed by atoms with van der Waals surface area (Å²) < 4.78 is 22.2. The Balaban J connectivity index is 3.35. The predicted molar refractivity (Wildman–Crippen MR) is 48.7 cm³/mol. The van der Waals surface area contributed by atoms with Gasteiger partial charge in [0.15, 0.2) is 0 Å². The zero-order chi connectivity index (χ0) is 10.3. The first-order chi connectivity index (χ1) is 5.73. The molecule has 0 amide bonds.